The largest absolute Gasteiger partial charge is 0.282 e. The molecule has 1 aromatic carbocycles. The second-order valence-corrected chi connectivity index (χ2v) is 3.36. The van der Waals surface area contributed by atoms with E-state index in [4.69, 9.17) is 0 Å². The van der Waals surface area contributed by atoms with Gasteiger partial charge in [0.15, 0.2) is 5.01 Å². The van der Waals surface area contributed by atoms with Crippen LogP contribution in [0.1, 0.15) is 5.01 Å². The molecule has 0 saturated carbocycles. The van der Waals surface area contributed by atoms with Crippen LogP contribution in [0.2, 0.25) is 0 Å². The third-order valence-electron chi connectivity index (χ3n) is 1.66. The van der Waals surface area contributed by atoms with Gasteiger partial charge in [0.2, 0.25) is 0 Å². The molecule has 0 saturated heterocycles. The fourth-order valence-corrected chi connectivity index (χ4v) is 1.67. The quantitative estimate of drug-likeness (QED) is 0.723. The van der Waals surface area contributed by atoms with Gasteiger partial charge in [-0.2, -0.15) is 0 Å². The van der Waals surface area contributed by atoms with Gasteiger partial charge < -0.3 is 0 Å². The molecule has 0 unspecified atom stereocenters. The molecule has 2 rings (SSSR count). The number of hydrogen-bond donors (Lipinski definition) is 0. The molecule has 1 heterocycles. The highest BCUT2D eigenvalue weighted by atomic mass is 32.1. The highest BCUT2D eigenvalue weighted by molar-refractivity contribution is 7.11. The maximum absolute atomic E-state index is 10.3. The van der Waals surface area contributed by atoms with Crippen molar-refractivity contribution in [1.82, 2.24) is 4.98 Å². The molecule has 2 nitrogen and oxygen atoms in total. The highest BCUT2D eigenvalue weighted by Crippen LogP contribution is 2.20. The molecule has 1 radical (unpaired) electrons. The number of rotatable bonds is 2. The summed E-state index contributed by atoms with van der Waals surface area (Å²) in [6.45, 7) is 0. The average Bonchev–Trinajstić information content (AvgIpc) is 2.67. The number of hydrogen-bond acceptors (Lipinski definition) is 3. The minimum absolute atomic E-state index is 0.402. The Kier molecular flexibility index (Phi) is 2.19. The molecule has 0 aliphatic carbocycles. The van der Waals surface area contributed by atoms with E-state index >= 15 is 0 Å². The zero-order valence-electron chi connectivity index (χ0n) is 6.73. The lowest BCUT2D eigenvalue weighted by atomic mass is 10.2. The Morgan fingerprint density at radius 3 is 2.62 bits per heavy atom. The van der Waals surface area contributed by atoms with Crippen molar-refractivity contribution in [3.05, 3.63) is 40.7 Å². The van der Waals surface area contributed by atoms with Gasteiger partial charge in [0.1, 0.15) is 0 Å². The number of benzene rings is 1. The van der Waals surface area contributed by atoms with Crippen LogP contribution in [0.15, 0.2) is 35.7 Å². The van der Waals surface area contributed by atoms with E-state index in [1.54, 1.807) is 6.29 Å². The van der Waals surface area contributed by atoms with Crippen LogP contribution in [0.5, 0.6) is 0 Å². The van der Waals surface area contributed by atoms with Crippen LogP contribution in [0.25, 0.3) is 11.3 Å². The molecule has 3 heteroatoms. The molecule has 0 fully saturated rings. The van der Waals surface area contributed by atoms with Gasteiger partial charge in [0.05, 0.1) is 5.69 Å². The summed E-state index contributed by atoms with van der Waals surface area (Å²) < 4.78 is 0. The van der Waals surface area contributed by atoms with E-state index in [0.717, 1.165) is 11.3 Å². The molecule has 0 N–H and O–H groups in total. The first kappa shape index (κ1) is 8.13. The lowest BCUT2D eigenvalue weighted by Gasteiger charge is -1.92. The van der Waals surface area contributed by atoms with E-state index in [1.807, 2.05) is 35.7 Å². The SMILES string of the molecule is O=[C]c1nc(-c2ccccc2)cs1. The molecule has 1 aromatic heterocycles. The molecule has 0 amide bonds. The van der Waals surface area contributed by atoms with Crippen molar-refractivity contribution in [1.29, 1.82) is 0 Å². The van der Waals surface area contributed by atoms with Gasteiger partial charge in [-0.25, -0.2) is 4.98 Å². The zero-order valence-corrected chi connectivity index (χ0v) is 7.54. The van der Waals surface area contributed by atoms with Crippen molar-refractivity contribution in [3.8, 4) is 11.3 Å². The summed E-state index contributed by atoms with van der Waals surface area (Å²) >= 11 is 1.31. The predicted molar refractivity (Wildman–Crippen MR) is 52.3 cm³/mol. The summed E-state index contributed by atoms with van der Waals surface area (Å²) in [6.07, 6.45) is 1.77. The number of aromatic nitrogens is 1. The molecule has 2 aromatic rings. The average molecular weight is 188 g/mol. The summed E-state index contributed by atoms with van der Waals surface area (Å²) in [4.78, 5) is 14.4. The Morgan fingerprint density at radius 2 is 2.00 bits per heavy atom. The maximum atomic E-state index is 10.3. The minimum Gasteiger partial charge on any atom is -0.282 e. The van der Waals surface area contributed by atoms with Crippen LogP contribution in [0, 0.1) is 0 Å². The number of nitrogens with zero attached hydrogens (tertiary/aromatic N) is 1. The molecule has 63 valence electrons. The molecule has 0 bridgehead atoms. The Hall–Kier alpha value is -1.48. The monoisotopic (exact) mass is 188 g/mol. The van der Waals surface area contributed by atoms with Crippen LogP contribution >= 0.6 is 11.3 Å². The van der Waals surface area contributed by atoms with Crippen molar-refractivity contribution < 1.29 is 4.79 Å². The van der Waals surface area contributed by atoms with Crippen molar-refractivity contribution in [2.24, 2.45) is 0 Å². The molecule has 0 aliphatic heterocycles. The van der Waals surface area contributed by atoms with E-state index in [-0.39, 0.29) is 0 Å². The second kappa shape index (κ2) is 3.49. The van der Waals surface area contributed by atoms with E-state index in [9.17, 15) is 4.79 Å². The molecule has 0 spiro atoms. The third kappa shape index (κ3) is 1.65. The number of carbonyl (C=O) groups excluding carboxylic acids is 1. The topological polar surface area (TPSA) is 30.0 Å². The first-order valence-electron chi connectivity index (χ1n) is 3.79. The maximum Gasteiger partial charge on any atom is 0.264 e. The van der Waals surface area contributed by atoms with Crippen molar-refractivity contribution >= 4 is 17.6 Å². The van der Waals surface area contributed by atoms with E-state index in [2.05, 4.69) is 4.98 Å². The first-order valence-corrected chi connectivity index (χ1v) is 4.67. The fraction of sp³-hybridized carbons (Fsp3) is 0. The Morgan fingerprint density at radius 1 is 1.23 bits per heavy atom. The van der Waals surface area contributed by atoms with E-state index in [1.165, 1.54) is 11.3 Å². The summed E-state index contributed by atoms with van der Waals surface area (Å²) in [7, 11) is 0. The molecule has 13 heavy (non-hydrogen) atoms. The Balaban J connectivity index is 2.41. The van der Waals surface area contributed by atoms with Gasteiger partial charge in [-0.1, -0.05) is 30.3 Å². The van der Waals surface area contributed by atoms with Crippen molar-refractivity contribution in [2.75, 3.05) is 0 Å². The molecule has 0 atom stereocenters. The third-order valence-corrected chi connectivity index (χ3v) is 2.40. The second-order valence-electron chi connectivity index (χ2n) is 2.51. The highest BCUT2D eigenvalue weighted by Gasteiger charge is 2.02. The molecular weight excluding hydrogens is 182 g/mol. The van der Waals surface area contributed by atoms with Crippen molar-refractivity contribution in [3.63, 3.8) is 0 Å². The van der Waals surface area contributed by atoms with Gasteiger partial charge in [0.25, 0.3) is 6.29 Å². The minimum atomic E-state index is 0.402. The van der Waals surface area contributed by atoms with Gasteiger partial charge in [-0.3, -0.25) is 4.79 Å². The van der Waals surface area contributed by atoms with Gasteiger partial charge >= 0.3 is 0 Å². The van der Waals surface area contributed by atoms with Crippen LogP contribution in [0.4, 0.5) is 0 Å². The summed E-state index contributed by atoms with van der Waals surface area (Å²) in [5, 5.41) is 2.26. The van der Waals surface area contributed by atoms with Gasteiger partial charge in [-0.15, -0.1) is 11.3 Å². The Bertz CT molecular complexity index is 408. The fourth-order valence-electron chi connectivity index (χ4n) is 1.06. The molecule has 0 aliphatic rings. The summed E-state index contributed by atoms with van der Waals surface area (Å²) in [6, 6.07) is 9.76. The van der Waals surface area contributed by atoms with E-state index < -0.39 is 0 Å². The standard InChI is InChI=1S/C10H6NOS/c12-6-10-11-9(7-13-10)8-4-2-1-3-5-8/h1-5,7H. The molecular formula is C10H6NOS. The van der Waals surface area contributed by atoms with Crippen LogP contribution in [-0.4, -0.2) is 11.3 Å². The van der Waals surface area contributed by atoms with Gasteiger partial charge in [-0.05, 0) is 0 Å². The smallest absolute Gasteiger partial charge is 0.264 e. The lowest BCUT2D eigenvalue weighted by molar-refractivity contribution is 0.562. The Labute approximate surface area is 79.9 Å². The van der Waals surface area contributed by atoms with Crippen molar-refractivity contribution in [2.45, 2.75) is 0 Å². The van der Waals surface area contributed by atoms with Crippen LogP contribution < -0.4 is 0 Å². The van der Waals surface area contributed by atoms with Crippen LogP contribution in [0.3, 0.4) is 0 Å². The van der Waals surface area contributed by atoms with E-state index in [0.29, 0.717) is 5.01 Å². The zero-order chi connectivity index (χ0) is 9.10. The van der Waals surface area contributed by atoms with Gasteiger partial charge in [0, 0.05) is 10.9 Å². The predicted octanol–water partition coefficient (Wildman–Crippen LogP) is 2.27. The van der Waals surface area contributed by atoms with Crippen LogP contribution in [-0.2, 0) is 4.79 Å². The first-order chi connectivity index (χ1) is 6.40. The number of thiazole rings is 1. The summed E-state index contributed by atoms with van der Waals surface area (Å²) in [5.74, 6) is 0. The summed E-state index contributed by atoms with van der Waals surface area (Å²) in [5.41, 5.74) is 1.87. The lowest BCUT2D eigenvalue weighted by Crippen LogP contribution is -1.79. The normalized spacial score (nSPS) is 9.85.